The lowest BCUT2D eigenvalue weighted by molar-refractivity contribution is -0.136. The SMILES string of the molecule is O=C(O)CCC#Cc1cccnc1. The fraction of sp³-hybridized carbons (Fsp3) is 0.200. The number of carbonyl (C=O) groups is 1. The fourth-order valence-corrected chi connectivity index (χ4v) is 0.771. The monoisotopic (exact) mass is 175 g/mol. The minimum atomic E-state index is -0.819. The molecular formula is C10H9NO2. The zero-order valence-corrected chi connectivity index (χ0v) is 7.03. The first-order valence-corrected chi connectivity index (χ1v) is 3.90. The maximum absolute atomic E-state index is 10.1. The topological polar surface area (TPSA) is 50.2 Å². The summed E-state index contributed by atoms with van der Waals surface area (Å²) in [5, 5.41) is 8.33. The van der Waals surface area contributed by atoms with Crippen molar-refractivity contribution in [2.45, 2.75) is 12.8 Å². The summed E-state index contributed by atoms with van der Waals surface area (Å²) in [7, 11) is 0. The molecule has 0 bridgehead atoms. The molecule has 0 unspecified atom stereocenters. The number of pyridine rings is 1. The predicted molar refractivity (Wildman–Crippen MR) is 48.0 cm³/mol. The van der Waals surface area contributed by atoms with E-state index in [1.165, 1.54) is 0 Å². The molecule has 3 heteroatoms. The van der Waals surface area contributed by atoms with Gasteiger partial charge in [0.15, 0.2) is 0 Å². The lowest BCUT2D eigenvalue weighted by Gasteiger charge is -1.86. The van der Waals surface area contributed by atoms with Crippen LogP contribution >= 0.6 is 0 Å². The molecule has 1 aromatic rings. The van der Waals surface area contributed by atoms with Crippen molar-refractivity contribution >= 4 is 5.97 Å². The second-order valence-electron chi connectivity index (χ2n) is 2.44. The molecule has 3 nitrogen and oxygen atoms in total. The molecular weight excluding hydrogens is 166 g/mol. The second kappa shape index (κ2) is 4.94. The maximum Gasteiger partial charge on any atom is 0.304 e. The van der Waals surface area contributed by atoms with Crippen LogP contribution in [0.25, 0.3) is 0 Å². The lowest BCUT2D eigenvalue weighted by Crippen LogP contribution is -1.91. The third-order valence-electron chi connectivity index (χ3n) is 1.36. The summed E-state index contributed by atoms with van der Waals surface area (Å²) in [4.78, 5) is 14.0. The standard InChI is InChI=1S/C10H9NO2/c12-10(13)6-2-1-4-9-5-3-7-11-8-9/h3,5,7-8H,2,6H2,(H,12,13). The summed E-state index contributed by atoms with van der Waals surface area (Å²) in [6.07, 6.45) is 3.79. The Labute approximate surface area is 76.4 Å². The van der Waals surface area contributed by atoms with E-state index in [9.17, 15) is 4.79 Å². The van der Waals surface area contributed by atoms with E-state index < -0.39 is 5.97 Å². The summed E-state index contributed by atoms with van der Waals surface area (Å²) < 4.78 is 0. The van der Waals surface area contributed by atoms with E-state index in [0.29, 0.717) is 6.42 Å². The first-order chi connectivity index (χ1) is 6.29. The van der Waals surface area contributed by atoms with Gasteiger partial charge in [-0.05, 0) is 12.1 Å². The van der Waals surface area contributed by atoms with E-state index in [1.54, 1.807) is 18.5 Å². The van der Waals surface area contributed by atoms with E-state index in [1.807, 2.05) is 6.07 Å². The zero-order chi connectivity index (χ0) is 9.52. The summed E-state index contributed by atoms with van der Waals surface area (Å²) in [5.41, 5.74) is 0.813. The Bertz CT molecular complexity index is 335. The molecule has 1 heterocycles. The van der Waals surface area contributed by atoms with Crippen LogP contribution in [0.4, 0.5) is 0 Å². The van der Waals surface area contributed by atoms with Gasteiger partial charge in [0.05, 0.1) is 6.42 Å². The average molecular weight is 175 g/mol. The summed E-state index contributed by atoms with van der Waals surface area (Å²) >= 11 is 0. The van der Waals surface area contributed by atoms with Gasteiger partial charge in [0, 0.05) is 24.4 Å². The largest absolute Gasteiger partial charge is 0.481 e. The van der Waals surface area contributed by atoms with Crippen LogP contribution in [0.2, 0.25) is 0 Å². The number of hydrogen-bond acceptors (Lipinski definition) is 2. The number of hydrogen-bond donors (Lipinski definition) is 1. The molecule has 66 valence electrons. The normalized spacial score (nSPS) is 8.62. The molecule has 0 amide bonds. The predicted octanol–water partition coefficient (Wildman–Crippen LogP) is 1.30. The van der Waals surface area contributed by atoms with Crippen molar-refractivity contribution in [3.8, 4) is 11.8 Å². The molecule has 1 rings (SSSR count). The molecule has 13 heavy (non-hydrogen) atoms. The first kappa shape index (κ1) is 9.27. The molecule has 0 aliphatic rings. The Kier molecular flexibility index (Phi) is 3.52. The van der Waals surface area contributed by atoms with Gasteiger partial charge in [0.25, 0.3) is 0 Å². The van der Waals surface area contributed by atoms with E-state index in [-0.39, 0.29) is 6.42 Å². The lowest BCUT2D eigenvalue weighted by atomic mass is 10.2. The third-order valence-corrected chi connectivity index (χ3v) is 1.36. The quantitative estimate of drug-likeness (QED) is 0.689. The highest BCUT2D eigenvalue weighted by molar-refractivity contribution is 5.67. The van der Waals surface area contributed by atoms with Crippen molar-refractivity contribution < 1.29 is 9.90 Å². The van der Waals surface area contributed by atoms with Crippen molar-refractivity contribution in [2.75, 3.05) is 0 Å². The van der Waals surface area contributed by atoms with Crippen LogP contribution in [0, 0.1) is 11.8 Å². The molecule has 1 aromatic heterocycles. The van der Waals surface area contributed by atoms with Crippen LogP contribution in [-0.4, -0.2) is 16.1 Å². The van der Waals surface area contributed by atoms with Gasteiger partial charge in [-0.25, -0.2) is 0 Å². The van der Waals surface area contributed by atoms with Gasteiger partial charge in [-0.1, -0.05) is 11.8 Å². The highest BCUT2D eigenvalue weighted by Gasteiger charge is 1.91. The highest BCUT2D eigenvalue weighted by Crippen LogP contribution is 1.92. The fourth-order valence-electron chi connectivity index (χ4n) is 0.771. The average Bonchev–Trinajstić information content (AvgIpc) is 2.14. The Morgan fingerprint density at radius 3 is 3.08 bits per heavy atom. The first-order valence-electron chi connectivity index (χ1n) is 3.90. The molecule has 0 saturated carbocycles. The smallest absolute Gasteiger partial charge is 0.304 e. The van der Waals surface area contributed by atoms with Crippen LogP contribution in [0.5, 0.6) is 0 Å². The molecule has 1 N–H and O–H groups in total. The van der Waals surface area contributed by atoms with Gasteiger partial charge in [0.1, 0.15) is 0 Å². The molecule has 0 fully saturated rings. The number of aliphatic carboxylic acids is 1. The van der Waals surface area contributed by atoms with Gasteiger partial charge in [0.2, 0.25) is 0 Å². The second-order valence-corrected chi connectivity index (χ2v) is 2.44. The molecule has 0 aliphatic heterocycles. The highest BCUT2D eigenvalue weighted by atomic mass is 16.4. The van der Waals surface area contributed by atoms with Gasteiger partial charge in [-0.3, -0.25) is 9.78 Å². The Hall–Kier alpha value is -1.82. The molecule has 0 spiro atoms. The van der Waals surface area contributed by atoms with Crippen molar-refractivity contribution in [1.82, 2.24) is 4.98 Å². The third kappa shape index (κ3) is 3.92. The van der Waals surface area contributed by atoms with Crippen molar-refractivity contribution in [1.29, 1.82) is 0 Å². The van der Waals surface area contributed by atoms with Crippen LogP contribution in [0.3, 0.4) is 0 Å². The van der Waals surface area contributed by atoms with Crippen LogP contribution in [0.1, 0.15) is 18.4 Å². The Morgan fingerprint density at radius 1 is 1.62 bits per heavy atom. The van der Waals surface area contributed by atoms with Gasteiger partial charge in [-0.15, -0.1) is 0 Å². The van der Waals surface area contributed by atoms with E-state index in [4.69, 9.17) is 5.11 Å². The Balaban J connectivity index is 2.44. The van der Waals surface area contributed by atoms with Crippen molar-refractivity contribution in [3.63, 3.8) is 0 Å². The number of carboxylic acid groups (broad SMARTS) is 1. The van der Waals surface area contributed by atoms with Gasteiger partial charge in [-0.2, -0.15) is 0 Å². The minimum Gasteiger partial charge on any atom is -0.481 e. The molecule has 0 aromatic carbocycles. The molecule has 0 saturated heterocycles. The Morgan fingerprint density at radius 2 is 2.46 bits per heavy atom. The number of nitrogens with zero attached hydrogens (tertiary/aromatic N) is 1. The number of rotatable bonds is 2. The zero-order valence-electron chi connectivity index (χ0n) is 7.03. The van der Waals surface area contributed by atoms with Crippen LogP contribution in [0.15, 0.2) is 24.5 Å². The van der Waals surface area contributed by atoms with Gasteiger partial charge < -0.3 is 5.11 Å². The number of aromatic nitrogens is 1. The summed E-state index contributed by atoms with van der Waals surface area (Å²) in [5.74, 6) is 4.77. The minimum absolute atomic E-state index is 0.0905. The molecule has 0 radical (unpaired) electrons. The number of carboxylic acids is 1. The van der Waals surface area contributed by atoms with Crippen molar-refractivity contribution in [2.24, 2.45) is 0 Å². The van der Waals surface area contributed by atoms with E-state index in [2.05, 4.69) is 16.8 Å². The van der Waals surface area contributed by atoms with Crippen LogP contribution < -0.4 is 0 Å². The maximum atomic E-state index is 10.1. The van der Waals surface area contributed by atoms with Crippen molar-refractivity contribution in [3.05, 3.63) is 30.1 Å². The summed E-state index contributed by atoms with van der Waals surface area (Å²) in [6.45, 7) is 0. The molecule has 0 atom stereocenters. The van der Waals surface area contributed by atoms with Crippen LogP contribution in [-0.2, 0) is 4.79 Å². The van der Waals surface area contributed by atoms with E-state index >= 15 is 0 Å². The summed E-state index contributed by atoms with van der Waals surface area (Å²) in [6, 6.07) is 3.63. The van der Waals surface area contributed by atoms with E-state index in [0.717, 1.165) is 5.56 Å². The van der Waals surface area contributed by atoms with Gasteiger partial charge >= 0.3 is 5.97 Å². The molecule has 0 aliphatic carbocycles.